The number of nitrogens with zero attached hydrogens (tertiary/aromatic N) is 9. The lowest BCUT2D eigenvalue weighted by Gasteiger charge is -2.40. The molecule has 0 aliphatic carbocycles. The van der Waals surface area contributed by atoms with E-state index in [1.165, 1.54) is 0 Å². The molecule has 3 atom stereocenters. The van der Waals surface area contributed by atoms with Gasteiger partial charge in [0.2, 0.25) is 17.8 Å². The van der Waals surface area contributed by atoms with E-state index in [0.717, 1.165) is 12.8 Å². The van der Waals surface area contributed by atoms with Crippen LogP contribution in [0, 0.1) is 13.8 Å². The number of primary amides is 1. The van der Waals surface area contributed by atoms with Gasteiger partial charge in [-0.2, -0.15) is 10.2 Å². The molecule has 65 heavy (non-hydrogen) atoms. The lowest BCUT2D eigenvalue weighted by Crippen LogP contribution is -2.55. The van der Waals surface area contributed by atoms with Gasteiger partial charge in [-0.15, -0.1) is 0 Å². The summed E-state index contributed by atoms with van der Waals surface area (Å²) < 4.78 is 31.9. The summed E-state index contributed by atoms with van der Waals surface area (Å²) in [5, 5.41) is 14.9. The summed E-state index contributed by atoms with van der Waals surface area (Å²) in [5.41, 5.74) is 10.2. The van der Waals surface area contributed by atoms with E-state index in [9.17, 15) is 19.2 Å². The molecule has 2 fully saturated rings. The molecule has 0 radical (unpaired) electrons. The molecule has 4 N–H and O–H groups in total. The van der Waals surface area contributed by atoms with Crippen molar-refractivity contribution >= 4 is 57.7 Å². The van der Waals surface area contributed by atoms with Crippen LogP contribution in [-0.2, 0) is 35.7 Å². The van der Waals surface area contributed by atoms with Gasteiger partial charge < -0.3 is 33.8 Å². The average molecular weight is 889 g/mol. The number of allylic oxidation sites excluding steroid dienone is 2. The maximum Gasteiger partial charge on any atom is 0.338 e. The van der Waals surface area contributed by atoms with E-state index in [4.69, 9.17) is 34.6 Å². The number of nitrogens with one attached hydrogen (secondary N) is 2. The van der Waals surface area contributed by atoms with Gasteiger partial charge in [-0.05, 0) is 83.9 Å². The minimum Gasteiger partial charge on any atom is -0.490 e. The Labute approximate surface area is 373 Å². The second-order valence-electron chi connectivity index (χ2n) is 16.4. The Morgan fingerprint density at radius 1 is 0.692 bits per heavy atom. The average Bonchev–Trinajstić information content (AvgIpc) is 4.09. The Balaban J connectivity index is 1.20. The first-order valence-corrected chi connectivity index (χ1v) is 22.0. The number of anilines is 2. The zero-order valence-corrected chi connectivity index (χ0v) is 37.0. The third-order valence-electron chi connectivity index (χ3n) is 12.1. The van der Waals surface area contributed by atoms with Gasteiger partial charge in [0.05, 0.1) is 53.8 Å². The second kappa shape index (κ2) is 17.8. The lowest BCUT2D eigenvalue weighted by atomic mass is 10.1. The van der Waals surface area contributed by atoms with Crippen molar-refractivity contribution in [1.29, 1.82) is 0 Å². The summed E-state index contributed by atoms with van der Waals surface area (Å²) >= 11 is 0. The number of benzene rings is 2. The highest BCUT2D eigenvalue weighted by Gasteiger charge is 2.42. The van der Waals surface area contributed by atoms with Gasteiger partial charge in [0.25, 0.3) is 11.8 Å². The molecule has 6 aromatic rings. The van der Waals surface area contributed by atoms with Gasteiger partial charge in [-0.3, -0.25) is 39.3 Å². The third kappa shape index (κ3) is 8.30. The highest BCUT2D eigenvalue weighted by atomic mass is 16.5. The molecule has 3 amide bonds. The van der Waals surface area contributed by atoms with E-state index in [0.29, 0.717) is 82.6 Å². The summed E-state index contributed by atoms with van der Waals surface area (Å²) in [4.78, 5) is 66.1. The predicted octanol–water partition coefficient (Wildman–Crippen LogP) is 4.48. The van der Waals surface area contributed by atoms with Crippen LogP contribution in [0.25, 0.3) is 22.1 Å². The van der Waals surface area contributed by atoms with Gasteiger partial charge in [0.1, 0.15) is 47.1 Å². The molecule has 4 aromatic heterocycles. The Hall–Kier alpha value is -7.06. The first-order chi connectivity index (χ1) is 31.4. The topological polar surface area (TPSA) is 230 Å². The van der Waals surface area contributed by atoms with Crippen LogP contribution in [0.1, 0.15) is 86.7 Å². The molecule has 20 nitrogen and oxygen atoms in total. The molecule has 0 saturated carbocycles. The number of aryl methyl sites for hydroxylation is 4. The largest absolute Gasteiger partial charge is 0.490 e. The maximum atomic E-state index is 14.0. The Bertz CT molecular complexity index is 2860. The number of amides is 3. The zero-order valence-electron chi connectivity index (χ0n) is 37.0. The standard InChI is InChI=1S/C45H52N12O8/c1-6-55-34(15-25(4)51-55)41(59)49-44-47-32-17-27(40(46)58)19-36-38(32)53(44)13-9-10-14-54-39-33(48-45(54)50-42(60)35-16-26(5)52-56(35)7-2)18-28(43(61)63-8-3)20-37(39)65-24-31(23-64-36)57-29-11-12-30(57)22-62-21-29/h9-10,15-20,29-31H,6-8,11-14,21-24H2,1-5H3,(H2,46,58)(H,47,49,59)(H,48,50,60)/b10-9+/t29?,30?,31-/m0/s1. The first-order valence-electron chi connectivity index (χ1n) is 22.0. The number of fused-ring (bicyclic) bond motifs is 2. The summed E-state index contributed by atoms with van der Waals surface area (Å²) in [5.74, 6) is -0.962. The quantitative estimate of drug-likeness (QED) is 0.128. The molecule has 340 valence electrons. The van der Waals surface area contributed by atoms with E-state index in [2.05, 4.69) is 25.7 Å². The van der Waals surface area contributed by atoms with Crippen molar-refractivity contribution in [3.63, 3.8) is 0 Å². The Kier molecular flexibility index (Phi) is 11.9. The fourth-order valence-electron chi connectivity index (χ4n) is 9.18. The monoisotopic (exact) mass is 888 g/mol. The lowest BCUT2D eigenvalue weighted by molar-refractivity contribution is -0.0534. The van der Waals surface area contributed by atoms with Crippen LogP contribution >= 0.6 is 0 Å². The number of hydrogen-bond acceptors (Lipinski definition) is 13. The van der Waals surface area contributed by atoms with Crippen molar-refractivity contribution in [3.8, 4) is 11.5 Å². The molecule has 2 aromatic carbocycles. The van der Waals surface area contributed by atoms with E-state index in [-0.39, 0.29) is 74.1 Å². The van der Waals surface area contributed by atoms with Crippen LogP contribution in [-0.4, -0.2) is 118 Å². The molecule has 2 saturated heterocycles. The number of morpholine rings is 1. The molecule has 3 aliphatic rings. The molecule has 2 unspecified atom stereocenters. The fraction of sp³-hybridized carbons (Fsp3) is 0.422. The van der Waals surface area contributed by atoms with Crippen molar-refractivity contribution in [2.75, 3.05) is 43.7 Å². The summed E-state index contributed by atoms with van der Waals surface area (Å²) in [6, 6.07) is 9.71. The highest BCUT2D eigenvalue weighted by Crippen LogP contribution is 2.36. The number of nitrogens with two attached hydrogens (primary N) is 1. The molecular formula is C45H52N12O8. The van der Waals surface area contributed by atoms with Crippen molar-refractivity contribution in [2.45, 2.75) is 91.8 Å². The van der Waals surface area contributed by atoms with E-state index >= 15 is 0 Å². The predicted molar refractivity (Wildman–Crippen MR) is 239 cm³/mol. The Morgan fingerprint density at radius 3 is 1.66 bits per heavy atom. The van der Waals surface area contributed by atoms with Crippen LogP contribution in [0.15, 0.2) is 48.6 Å². The number of rotatable bonds is 10. The van der Waals surface area contributed by atoms with E-state index in [1.54, 1.807) is 52.7 Å². The van der Waals surface area contributed by atoms with Gasteiger partial charge >= 0.3 is 5.97 Å². The molecule has 7 heterocycles. The van der Waals surface area contributed by atoms with E-state index < -0.39 is 23.7 Å². The Morgan fingerprint density at radius 2 is 1.18 bits per heavy atom. The minimum absolute atomic E-state index is 0.0974. The van der Waals surface area contributed by atoms with Gasteiger partial charge in [-0.1, -0.05) is 12.2 Å². The number of hydrogen-bond donors (Lipinski definition) is 3. The molecule has 2 bridgehead atoms. The smallest absolute Gasteiger partial charge is 0.338 e. The molecule has 9 rings (SSSR count). The molecule has 20 heteroatoms. The molecule has 3 aliphatic heterocycles. The number of carbonyl (C=O) groups is 4. The van der Waals surface area contributed by atoms with Crippen molar-refractivity contribution in [3.05, 3.63) is 82.5 Å². The van der Waals surface area contributed by atoms with Gasteiger partial charge in [-0.25, -0.2) is 14.8 Å². The van der Waals surface area contributed by atoms with Crippen LogP contribution in [0.2, 0.25) is 0 Å². The summed E-state index contributed by atoms with van der Waals surface area (Å²) in [6.07, 6.45) is 5.63. The van der Waals surface area contributed by atoms with Crippen molar-refractivity contribution in [2.24, 2.45) is 5.73 Å². The van der Waals surface area contributed by atoms with Gasteiger partial charge in [0, 0.05) is 43.8 Å². The molecule has 0 spiro atoms. The third-order valence-corrected chi connectivity index (χ3v) is 12.1. The van der Waals surface area contributed by atoms with Gasteiger partial charge in [0.15, 0.2) is 0 Å². The number of imidazole rings is 2. The normalized spacial score (nSPS) is 19.2. The SMILES string of the molecule is CCOC(=O)c1cc2c3c(c1)nc(NC(=O)c1cc(C)nn1CC)n3C/C=C/Cn1c(NC(=O)c3cc(C)nn3CC)nc3cc(C(N)=O)cc(c31)OC[C@H](N1C3CCC1COC3)CO2. The fourth-order valence-corrected chi connectivity index (χ4v) is 9.18. The second-order valence-corrected chi connectivity index (χ2v) is 16.4. The maximum absolute atomic E-state index is 14.0. The highest BCUT2D eigenvalue weighted by molar-refractivity contribution is 6.05. The van der Waals surface area contributed by atoms with E-state index in [1.807, 2.05) is 49.0 Å². The van der Waals surface area contributed by atoms with Crippen LogP contribution in [0.3, 0.4) is 0 Å². The number of esters is 1. The number of aromatic nitrogens is 8. The van der Waals surface area contributed by atoms with Crippen molar-refractivity contribution < 1.29 is 38.1 Å². The van der Waals surface area contributed by atoms with Crippen LogP contribution in [0.4, 0.5) is 11.9 Å². The first kappa shape index (κ1) is 43.2. The van der Waals surface area contributed by atoms with Crippen LogP contribution < -0.4 is 25.8 Å². The number of carbonyl (C=O) groups excluding carboxylic acids is 4. The zero-order chi connectivity index (χ0) is 45.5. The van der Waals surface area contributed by atoms with Crippen LogP contribution in [0.5, 0.6) is 11.5 Å². The summed E-state index contributed by atoms with van der Waals surface area (Å²) in [7, 11) is 0. The van der Waals surface area contributed by atoms with Crippen molar-refractivity contribution in [1.82, 2.24) is 43.6 Å². The minimum atomic E-state index is -0.672. The summed E-state index contributed by atoms with van der Waals surface area (Å²) in [6.45, 7) is 12.0. The molecular weight excluding hydrogens is 837 g/mol. The number of ether oxygens (including phenoxy) is 4.